The summed E-state index contributed by atoms with van der Waals surface area (Å²) in [7, 11) is -2.65. The molecule has 2 saturated heterocycles. The smallest absolute Gasteiger partial charge is 0.338 e. The third kappa shape index (κ3) is 9.95. The van der Waals surface area contributed by atoms with Crippen molar-refractivity contribution in [3.05, 3.63) is 120 Å². The second kappa shape index (κ2) is 19.7. The van der Waals surface area contributed by atoms with Crippen LogP contribution in [0.25, 0.3) is 11.1 Å². The molecule has 0 saturated carbocycles. The van der Waals surface area contributed by atoms with Gasteiger partial charge in [0.25, 0.3) is 8.32 Å². The normalized spacial score (nSPS) is 20.0. The summed E-state index contributed by atoms with van der Waals surface area (Å²) in [6.07, 6.45) is 12.4. The van der Waals surface area contributed by atoms with Gasteiger partial charge in [-0.25, -0.2) is 9.79 Å². The highest BCUT2D eigenvalue weighted by molar-refractivity contribution is 6.99. The summed E-state index contributed by atoms with van der Waals surface area (Å²) in [5.74, 6) is 0.600. The number of aliphatic imine (C=N–C) groups is 1. The first kappa shape index (κ1) is 41.9. The van der Waals surface area contributed by atoms with Crippen LogP contribution >= 0.6 is 0 Å². The Kier molecular flexibility index (Phi) is 14.2. The maximum atomic E-state index is 13.2. The number of likely N-dealkylation sites (tertiary alicyclic amines) is 1. The van der Waals surface area contributed by atoms with Crippen LogP contribution in [0.3, 0.4) is 0 Å². The van der Waals surface area contributed by atoms with E-state index in [-0.39, 0.29) is 23.1 Å². The van der Waals surface area contributed by atoms with Crippen LogP contribution in [0.5, 0.6) is 0 Å². The highest BCUT2D eigenvalue weighted by atomic mass is 28.4. The molecule has 0 amide bonds. The number of ether oxygens (including phenoxy) is 1. The molecule has 58 heavy (non-hydrogen) atoms. The quantitative estimate of drug-likeness (QED) is 0.0653. The molecule has 8 heteroatoms. The predicted octanol–water partition coefficient (Wildman–Crippen LogP) is 9.38. The number of rotatable bonds is 17. The van der Waals surface area contributed by atoms with E-state index in [1.807, 2.05) is 24.3 Å². The summed E-state index contributed by atoms with van der Waals surface area (Å²) >= 11 is 0. The van der Waals surface area contributed by atoms with Gasteiger partial charge in [0.15, 0.2) is 5.96 Å². The highest BCUT2D eigenvalue weighted by Gasteiger charge is 2.50. The van der Waals surface area contributed by atoms with Gasteiger partial charge in [-0.05, 0) is 89.4 Å². The highest BCUT2D eigenvalue weighted by Crippen LogP contribution is 2.37. The number of benzene rings is 4. The Hall–Kier alpha value is -4.24. The van der Waals surface area contributed by atoms with Gasteiger partial charge >= 0.3 is 5.97 Å². The fourth-order valence-electron chi connectivity index (χ4n) is 9.39. The SMILES string of the molecule is CCCCCCCCN1CCC[C@@H]1c1ccc(-c2ccc(C(=O)OC[C@H]3CCN4CC[C@H](CO[Si](c5ccccc5)(c5ccccc5)C(C)(C)C)N=C4N3)cc2)cc1. The van der Waals surface area contributed by atoms with Gasteiger partial charge in [0, 0.05) is 19.1 Å². The predicted molar refractivity (Wildman–Crippen MR) is 242 cm³/mol. The number of hydrogen-bond donors (Lipinski definition) is 1. The fraction of sp³-hybridized carbons (Fsp3) is 0.480. The van der Waals surface area contributed by atoms with Crippen molar-refractivity contribution in [2.24, 2.45) is 4.99 Å². The molecule has 0 aromatic heterocycles. The van der Waals surface area contributed by atoms with Gasteiger partial charge in [0.2, 0.25) is 0 Å². The Morgan fingerprint density at radius 2 is 1.36 bits per heavy atom. The van der Waals surface area contributed by atoms with E-state index in [4.69, 9.17) is 14.2 Å². The van der Waals surface area contributed by atoms with E-state index in [0.717, 1.165) is 37.5 Å². The Morgan fingerprint density at radius 3 is 2.02 bits per heavy atom. The number of guanidine groups is 1. The second-order valence-electron chi connectivity index (χ2n) is 17.7. The molecule has 3 atom stereocenters. The molecule has 308 valence electrons. The molecule has 3 heterocycles. The largest absolute Gasteiger partial charge is 0.460 e. The molecular formula is C50H66N4O3Si. The summed E-state index contributed by atoms with van der Waals surface area (Å²) in [6.45, 7) is 14.3. The number of nitrogens with zero attached hydrogens (tertiary/aromatic N) is 3. The molecule has 4 aromatic carbocycles. The minimum Gasteiger partial charge on any atom is -0.460 e. The molecule has 4 aromatic rings. The van der Waals surface area contributed by atoms with Crippen molar-refractivity contribution < 1.29 is 14.0 Å². The van der Waals surface area contributed by atoms with Crippen LogP contribution in [0.2, 0.25) is 5.04 Å². The first-order chi connectivity index (χ1) is 28.2. The Bertz CT molecular complexity index is 1870. The van der Waals surface area contributed by atoms with Gasteiger partial charge in [-0.2, -0.15) is 0 Å². The molecule has 3 aliphatic rings. The van der Waals surface area contributed by atoms with E-state index in [0.29, 0.717) is 24.8 Å². The molecule has 0 unspecified atom stereocenters. The van der Waals surface area contributed by atoms with Crippen molar-refractivity contribution in [2.45, 2.75) is 115 Å². The number of carbonyl (C=O) groups excluding carboxylic acids is 1. The van der Waals surface area contributed by atoms with Crippen molar-refractivity contribution >= 4 is 30.6 Å². The fourth-order valence-corrected chi connectivity index (χ4v) is 14.0. The lowest BCUT2D eigenvalue weighted by Gasteiger charge is -2.44. The van der Waals surface area contributed by atoms with Crippen molar-refractivity contribution in [3.63, 3.8) is 0 Å². The molecule has 7 nitrogen and oxygen atoms in total. The van der Waals surface area contributed by atoms with Crippen LogP contribution in [-0.4, -0.2) is 81.5 Å². The van der Waals surface area contributed by atoms with Crippen molar-refractivity contribution in [1.82, 2.24) is 15.1 Å². The monoisotopic (exact) mass is 798 g/mol. The van der Waals surface area contributed by atoms with Crippen LogP contribution in [0.1, 0.15) is 114 Å². The maximum Gasteiger partial charge on any atom is 0.338 e. The molecule has 0 bridgehead atoms. The average Bonchev–Trinajstić information content (AvgIpc) is 3.73. The van der Waals surface area contributed by atoms with Gasteiger partial charge < -0.3 is 19.4 Å². The Morgan fingerprint density at radius 1 is 0.741 bits per heavy atom. The lowest BCUT2D eigenvalue weighted by Crippen LogP contribution is -2.67. The zero-order valence-corrected chi connectivity index (χ0v) is 36.5. The first-order valence-electron chi connectivity index (χ1n) is 22.2. The minimum absolute atomic E-state index is 0.00895. The molecule has 1 N–H and O–H groups in total. The molecule has 0 spiro atoms. The number of esters is 1. The summed E-state index contributed by atoms with van der Waals surface area (Å²) in [4.78, 5) is 23.4. The number of fused-ring (bicyclic) bond motifs is 1. The van der Waals surface area contributed by atoms with E-state index in [9.17, 15) is 4.79 Å². The van der Waals surface area contributed by atoms with E-state index >= 15 is 0 Å². The summed E-state index contributed by atoms with van der Waals surface area (Å²) in [5.41, 5.74) is 4.27. The van der Waals surface area contributed by atoms with Crippen LogP contribution < -0.4 is 15.7 Å². The van der Waals surface area contributed by atoms with Gasteiger partial charge in [0.05, 0.1) is 24.3 Å². The van der Waals surface area contributed by atoms with Crippen LogP contribution in [0, 0.1) is 0 Å². The van der Waals surface area contributed by atoms with Crippen molar-refractivity contribution in [2.75, 3.05) is 39.4 Å². The van der Waals surface area contributed by atoms with Gasteiger partial charge in [-0.15, -0.1) is 0 Å². The average molecular weight is 799 g/mol. The number of unbranched alkanes of at least 4 members (excludes halogenated alkanes) is 5. The Labute approximate surface area is 349 Å². The lowest BCUT2D eigenvalue weighted by atomic mass is 9.98. The van der Waals surface area contributed by atoms with Gasteiger partial charge in [-0.3, -0.25) is 4.90 Å². The zero-order valence-electron chi connectivity index (χ0n) is 35.5. The Balaban J connectivity index is 0.916. The minimum atomic E-state index is -2.65. The first-order valence-corrected chi connectivity index (χ1v) is 24.1. The van der Waals surface area contributed by atoms with Crippen molar-refractivity contribution in [3.8, 4) is 11.1 Å². The lowest BCUT2D eigenvalue weighted by molar-refractivity contribution is 0.0455. The number of nitrogens with one attached hydrogen (secondary N) is 1. The van der Waals surface area contributed by atoms with Gasteiger partial charge in [0.1, 0.15) is 6.61 Å². The van der Waals surface area contributed by atoms with E-state index < -0.39 is 8.32 Å². The van der Waals surface area contributed by atoms with E-state index in [1.165, 1.54) is 86.0 Å². The third-order valence-electron chi connectivity index (χ3n) is 12.7. The molecule has 3 aliphatic heterocycles. The molecule has 0 aliphatic carbocycles. The van der Waals surface area contributed by atoms with Crippen LogP contribution in [-0.2, 0) is 9.16 Å². The van der Waals surface area contributed by atoms with Crippen molar-refractivity contribution in [1.29, 1.82) is 0 Å². The topological polar surface area (TPSA) is 66.4 Å². The van der Waals surface area contributed by atoms with E-state index in [2.05, 4.69) is 128 Å². The summed E-state index contributed by atoms with van der Waals surface area (Å²) in [5, 5.41) is 6.09. The maximum absolute atomic E-state index is 13.2. The molecule has 7 rings (SSSR count). The summed E-state index contributed by atoms with van der Waals surface area (Å²) in [6, 6.07) is 39.1. The molecule has 0 radical (unpaired) electrons. The standard InChI is InChI=1S/C50H66N4O3Si/c1-5-6-7-8-9-16-33-53-34-17-22-47(53)41-27-23-39(24-28-41)40-25-29-42(30-26-40)48(55)56-37-43-31-35-54-36-32-44(52-49(54)51-43)38-57-58(50(2,3)4,45-18-12-10-13-19-45)46-20-14-11-15-21-46/h10-15,18-21,23-30,43-44,47H,5-9,16-17,22,31-38H2,1-4H3,(H,51,52)/t43-,44-,47-/m1/s1. The summed E-state index contributed by atoms with van der Waals surface area (Å²) < 4.78 is 13.1. The van der Waals surface area contributed by atoms with Crippen LogP contribution in [0.15, 0.2) is 114 Å². The molecular weight excluding hydrogens is 733 g/mol. The zero-order chi connectivity index (χ0) is 40.4. The second-order valence-corrected chi connectivity index (χ2v) is 22.1. The molecule has 2 fully saturated rings. The number of hydrogen-bond acceptors (Lipinski definition) is 7. The van der Waals surface area contributed by atoms with Crippen LogP contribution in [0.4, 0.5) is 0 Å². The number of carbonyl (C=O) groups is 1. The van der Waals surface area contributed by atoms with E-state index in [1.54, 1.807) is 0 Å². The van der Waals surface area contributed by atoms with Gasteiger partial charge in [-0.1, -0.05) is 157 Å². The third-order valence-corrected chi connectivity index (χ3v) is 17.7.